The van der Waals surface area contributed by atoms with E-state index in [1.54, 1.807) is 6.92 Å². The molecule has 0 spiro atoms. The first kappa shape index (κ1) is 13.4. The molecule has 0 heterocycles. The Kier molecular flexibility index (Phi) is 7.99. The van der Waals surface area contributed by atoms with E-state index in [0.717, 1.165) is 0 Å². The Hall–Kier alpha value is -0.160. The van der Waals surface area contributed by atoms with E-state index in [2.05, 4.69) is 0 Å². The average Bonchev–Trinajstić information content (AvgIpc) is 1.88. The Morgan fingerprint density at radius 3 is 1.55 bits per heavy atom. The van der Waals surface area contributed by atoms with Crippen LogP contribution in [0.3, 0.4) is 0 Å². The molecule has 4 nitrogen and oxygen atoms in total. The van der Waals surface area contributed by atoms with Gasteiger partial charge in [0, 0.05) is 0 Å². The molecule has 0 aromatic heterocycles. The fourth-order valence-corrected chi connectivity index (χ4v) is 0. The topological polar surface area (TPSA) is 80.9 Å². The first-order chi connectivity index (χ1) is 4.83. The van der Waals surface area contributed by atoms with E-state index in [-0.39, 0.29) is 6.61 Å². The highest BCUT2D eigenvalue weighted by molar-refractivity contribution is 4.47. The molecule has 0 aliphatic heterocycles. The predicted molar refractivity (Wildman–Crippen MR) is 41.9 cm³/mol. The van der Waals surface area contributed by atoms with Crippen LogP contribution >= 0.6 is 0 Å². The van der Waals surface area contributed by atoms with E-state index in [1.807, 2.05) is 0 Å². The van der Waals surface area contributed by atoms with Gasteiger partial charge in [-0.15, -0.1) is 0 Å². The number of aliphatic hydroxyl groups is 4. The molecule has 0 amide bonds. The Bertz CT molecular complexity index is 75.0. The largest absolute Gasteiger partial charge is 0.394 e. The van der Waals surface area contributed by atoms with E-state index in [0.29, 0.717) is 6.42 Å². The summed E-state index contributed by atoms with van der Waals surface area (Å²) in [6.45, 7) is 4.45. The van der Waals surface area contributed by atoms with Gasteiger partial charge in [0.2, 0.25) is 0 Å². The molecule has 0 saturated carbocycles. The van der Waals surface area contributed by atoms with Gasteiger partial charge in [0.1, 0.15) is 0 Å². The highest BCUT2D eigenvalue weighted by atomic mass is 16.5. The second kappa shape index (κ2) is 6.54. The summed E-state index contributed by atoms with van der Waals surface area (Å²) in [7, 11) is 0. The van der Waals surface area contributed by atoms with E-state index in [4.69, 9.17) is 20.4 Å². The molecule has 0 radical (unpaired) electrons. The van der Waals surface area contributed by atoms with Gasteiger partial charge in [-0.25, -0.2) is 0 Å². The second-order valence-electron chi connectivity index (χ2n) is 2.60. The molecule has 0 aliphatic rings. The first-order valence-electron chi connectivity index (χ1n) is 3.57. The lowest BCUT2D eigenvalue weighted by molar-refractivity contribution is -0.145. The van der Waals surface area contributed by atoms with E-state index < -0.39 is 11.9 Å². The molecule has 11 heavy (non-hydrogen) atoms. The van der Waals surface area contributed by atoms with E-state index in [1.165, 1.54) is 13.8 Å². The summed E-state index contributed by atoms with van der Waals surface area (Å²) in [5.74, 6) is -1.46. The van der Waals surface area contributed by atoms with Gasteiger partial charge >= 0.3 is 0 Å². The summed E-state index contributed by atoms with van der Waals surface area (Å²) in [5.41, 5.74) is 0. The molecule has 1 atom stereocenters. The van der Waals surface area contributed by atoms with Gasteiger partial charge in [0.05, 0.1) is 12.7 Å². The molecule has 0 aromatic carbocycles. The molecular formula is C7H18O4. The minimum atomic E-state index is -1.46. The van der Waals surface area contributed by atoms with Crippen LogP contribution in [0.5, 0.6) is 0 Å². The Labute approximate surface area is 67.1 Å². The molecule has 70 valence electrons. The van der Waals surface area contributed by atoms with Crippen LogP contribution in [0.15, 0.2) is 0 Å². The summed E-state index contributed by atoms with van der Waals surface area (Å²) >= 11 is 0. The number of aliphatic hydroxyl groups excluding tert-OH is 2. The number of hydrogen-bond acceptors (Lipinski definition) is 4. The number of hydrogen-bond donors (Lipinski definition) is 4. The molecule has 0 fully saturated rings. The summed E-state index contributed by atoms with van der Waals surface area (Å²) in [6, 6.07) is 0. The molecule has 4 heteroatoms. The first-order valence-corrected chi connectivity index (χ1v) is 3.57. The molecule has 0 rings (SSSR count). The maximum atomic E-state index is 8.38. The van der Waals surface area contributed by atoms with Crippen LogP contribution in [0.25, 0.3) is 0 Å². The maximum Gasteiger partial charge on any atom is 0.159 e. The van der Waals surface area contributed by atoms with Crippen molar-refractivity contribution in [3.63, 3.8) is 0 Å². The fraction of sp³-hybridized carbons (Fsp3) is 1.00. The lowest BCUT2D eigenvalue weighted by Gasteiger charge is -2.10. The van der Waals surface area contributed by atoms with Gasteiger partial charge in [-0.3, -0.25) is 0 Å². The Morgan fingerprint density at radius 1 is 1.36 bits per heavy atom. The zero-order valence-electron chi connectivity index (χ0n) is 7.28. The maximum absolute atomic E-state index is 8.38. The van der Waals surface area contributed by atoms with Crippen molar-refractivity contribution in [2.24, 2.45) is 0 Å². The lowest BCUT2D eigenvalue weighted by Crippen LogP contribution is -2.20. The number of rotatable bonds is 2. The van der Waals surface area contributed by atoms with Crippen molar-refractivity contribution in [3.05, 3.63) is 0 Å². The smallest absolute Gasteiger partial charge is 0.159 e. The highest BCUT2D eigenvalue weighted by Gasteiger charge is 2.08. The van der Waals surface area contributed by atoms with Crippen molar-refractivity contribution < 1.29 is 20.4 Å². The van der Waals surface area contributed by atoms with Crippen molar-refractivity contribution in [2.75, 3.05) is 6.61 Å². The van der Waals surface area contributed by atoms with Crippen molar-refractivity contribution in [2.45, 2.75) is 39.1 Å². The Balaban J connectivity index is 0. The van der Waals surface area contributed by atoms with Gasteiger partial charge in [0.15, 0.2) is 5.79 Å². The van der Waals surface area contributed by atoms with Crippen LogP contribution in [-0.4, -0.2) is 38.9 Å². The fourth-order valence-electron chi connectivity index (χ4n) is 0. The van der Waals surface area contributed by atoms with E-state index in [9.17, 15) is 0 Å². The Morgan fingerprint density at radius 2 is 1.55 bits per heavy atom. The molecule has 0 saturated heterocycles. The van der Waals surface area contributed by atoms with Gasteiger partial charge in [-0.1, -0.05) is 6.92 Å². The van der Waals surface area contributed by atoms with Crippen LogP contribution in [0.2, 0.25) is 0 Å². The zero-order chi connectivity index (χ0) is 9.49. The van der Waals surface area contributed by atoms with Gasteiger partial charge < -0.3 is 20.4 Å². The second-order valence-corrected chi connectivity index (χ2v) is 2.60. The van der Waals surface area contributed by atoms with Crippen LogP contribution in [0.1, 0.15) is 27.2 Å². The van der Waals surface area contributed by atoms with Crippen LogP contribution in [-0.2, 0) is 0 Å². The van der Waals surface area contributed by atoms with Gasteiger partial charge in [-0.2, -0.15) is 0 Å². The standard InChI is InChI=1S/C4H10O2.C3H8O2/c1-3-4(2,5)6;1-3(5)2-4/h5-6H,3H2,1-2H3;3-5H,2H2,1H3. The molecule has 0 bridgehead atoms. The minimum Gasteiger partial charge on any atom is -0.394 e. The molecule has 0 aliphatic carbocycles. The van der Waals surface area contributed by atoms with Gasteiger partial charge in [-0.05, 0) is 20.3 Å². The summed E-state index contributed by atoms with van der Waals surface area (Å²) in [6.07, 6.45) is -0.178. The predicted octanol–water partition coefficient (Wildman–Crippen LogP) is -0.543. The molecule has 4 N–H and O–H groups in total. The normalized spacial score (nSPS) is 13.4. The van der Waals surface area contributed by atoms with E-state index >= 15 is 0 Å². The van der Waals surface area contributed by atoms with Crippen molar-refractivity contribution in [1.82, 2.24) is 0 Å². The molecule has 1 unspecified atom stereocenters. The van der Waals surface area contributed by atoms with Gasteiger partial charge in [0.25, 0.3) is 0 Å². The third kappa shape index (κ3) is 25.8. The van der Waals surface area contributed by atoms with Crippen LogP contribution < -0.4 is 0 Å². The summed E-state index contributed by atoms with van der Waals surface area (Å²) in [4.78, 5) is 0. The minimum absolute atomic E-state index is 0.139. The molecular weight excluding hydrogens is 148 g/mol. The highest BCUT2D eigenvalue weighted by Crippen LogP contribution is 1.99. The average molecular weight is 166 g/mol. The summed E-state index contributed by atoms with van der Waals surface area (Å²) in [5, 5.41) is 32.8. The van der Waals surface area contributed by atoms with Crippen molar-refractivity contribution >= 4 is 0 Å². The van der Waals surface area contributed by atoms with Crippen LogP contribution in [0.4, 0.5) is 0 Å². The summed E-state index contributed by atoms with van der Waals surface area (Å²) < 4.78 is 0. The van der Waals surface area contributed by atoms with Crippen molar-refractivity contribution in [3.8, 4) is 0 Å². The third-order valence-corrected chi connectivity index (χ3v) is 0.934. The SMILES string of the molecule is CC(O)CO.CCC(C)(O)O. The lowest BCUT2D eigenvalue weighted by atomic mass is 10.3. The molecule has 0 aromatic rings. The quantitative estimate of drug-likeness (QED) is 0.415. The van der Waals surface area contributed by atoms with Crippen LogP contribution in [0, 0.1) is 0 Å². The zero-order valence-corrected chi connectivity index (χ0v) is 7.28. The third-order valence-electron chi connectivity index (χ3n) is 0.934. The van der Waals surface area contributed by atoms with Crippen molar-refractivity contribution in [1.29, 1.82) is 0 Å². The monoisotopic (exact) mass is 166 g/mol.